The van der Waals surface area contributed by atoms with Crippen LogP contribution in [-0.2, 0) is 14.3 Å². The maximum absolute atomic E-state index is 12.7. The number of hydrogen-bond acceptors (Lipinski definition) is 4. The number of rotatable bonds is 7. The van der Waals surface area contributed by atoms with Gasteiger partial charge in [-0.1, -0.05) is 20.4 Å². The molecule has 5 nitrogen and oxygen atoms in total. The van der Waals surface area contributed by atoms with E-state index >= 15 is 0 Å². The van der Waals surface area contributed by atoms with Crippen LogP contribution in [-0.4, -0.2) is 37.1 Å². The molecular formula is C21H34N2O3. The zero-order chi connectivity index (χ0) is 20.1. The van der Waals surface area contributed by atoms with E-state index in [0.29, 0.717) is 30.1 Å². The van der Waals surface area contributed by atoms with E-state index in [0.717, 1.165) is 23.5 Å². The third-order valence-electron chi connectivity index (χ3n) is 4.01. The van der Waals surface area contributed by atoms with Gasteiger partial charge in [0.15, 0.2) is 5.76 Å². The summed E-state index contributed by atoms with van der Waals surface area (Å²) in [7, 11) is 3.55. The molecule has 0 aliphatic carbocycles. The van der Waals surface area contributed by atoms with Crippen LogP contribution in [0.15, 0.2) is 46.7 Å². The van der Waals surface area contributed by atoms with Gasteiger partial charge in [-0.15, -0.1) is 0 Å². The van der Waals surface area contributed by atoms with Gasteiger partial charge >= 0.3 is 0 Å². The van der Waals surface area contributed by atoms with Crippen molar-refractivity contribution >= 4 is 5.91 Å². The standard InChI is InChI=1S/C21H34N2O3/c1-10-12-26-19(17(11-2)25-9)18-14(3)13-16(15(4)23(18)8)20(24)22-21(5,6)7/h13H,4,10-12H2,1-3,5-9H3,(H,22,24)/b19-17-. The summed E-state index contributed by atoms with van der Waals surface area (Å²) >= 11 is 0. The number of carbonyl (C=O) groups excluding carboxylic acids is 1. The van der Waals surface area contributed by atoms with Crippen LogP contribution in [0.1, 0.15) is 54.4 Å². The zero-order valence-electron chi connectivity index (χ0n) is 17.6. The lowest BCUT2D eigenvalue weighted by molar-refractivity contribution is -0.118. The van der Waals surface area contributed by atoms with E-state index in [1.807, 2.05) is 52.6 Å². The highest BCUT2D eigenvalue weighted by Crippen LogP contribution is 2.34. The molecule has 0 radical (unpaired) electrons. The maximum atomic E-state index is 12.7. The Kier molecular flexibility index (Phi) is 7.54. The molecule has 1 heterocycles. The molecule has 1 N–H and O–H groups in total. The topological polar surface area (TPSA) is 50.8 Å². The van der Waals surface area contributed by atoms with Crippen molar-refractivity contribution in [3.63, 3.8) is 0 Å². The Morgan fingerprint density at radius 3 is 2.38 bits per heavy atom. The first kappa shape index (κ1) is 21.9. The number of allylic oxidation sites excluding steroid dienone is 3. The molecule has 0 aromatic carbocycles. The SMILES string of the molecule is C=C1C(C(=O)NC(C)(C)C)=CC(C)=C(/C(OCCC)=C(\CC)OC)N1C. The summed E-state index contributed by atoms with van der Waals surface area (Å²) in [5.41, 5.74) is 2.71. The van der Waals surface area contributed by atoms with E-state index in [9.17, 15) is 4.79 Å². The number of nitrogens with zero attached hydrogens (tertiary/aromatic N) is 1. The number of carbonyl (C=O) groups is 1. The smallest absolute Gasteiger partial charge is 0.253 e. The third-order valence-corrected chi connectivity index (χ3v) is 4.01. The first-order valence-electron chi connectivity index (χ1n) is 9.15. The van der Waals surface area contributed by atoms with Crippen molar-refractivity contribution in [2.45, 2.75) is 59.9 Å². The largest absolute Gasteiger partial charge is 0.497 e. The third kappa shape index (κ3) is 5.16. The minimum atomic E-state index is -0.310. The van der Waals surface area contributed by atoms with Gasteiger partial charge in [-0.05, 0) is 45.8 Å². The second-order valence-corrected chi connectivity index (χ2v) is 7.46. The van der Waals surface area contributed by atoms with Crippen molar-refractivity contribution in [1.29, 1.82) is 0 Å². The highest BCUT2D eigenvalue weighted by molar-refractivity contribution is 5.99. The highest BCUT2D eigenvalue weighted by atomic mass is 16.5. The lowest BCUT2D eigenvalue weighted by Crippen LogP contribution is -2.43. The molecule has 0 atom stereocenters. The van der Waals surface area contributed by atoms with Crippen molar-refractivity contribution in [2.75, 3.05) is 20.8 Å². The molecule has 0 unspecified atom stereocenters. The van der Waals surface area contributed by atoms with Crippen molar-refractivity contribution in [1.82, 2.24) is 10.2 Å². The number of ether oxygens (including phenoxy) is 2. The zero-order valence-corrected chi connectivity index (χ0v) is 17.6. The molecule has 0 saturated heterocycles. The summed E-state index contributed by atoms with van der Waals surface area (Å²) in [5.74, 6) is 1.36. The van der Waals surface area contributed by atoms with Gasteiger partial charge in [-0.2, -0.15) is 0 Å². The van der Waals surface area contributed by atoms with Gasteiger partial charge in [0.2, 0.25) is 0 Å². The fourth-order valence-electron chi connectivity index (χ4n) is 2.77. The van der Waals surface area contributed by atoms with E-state index in [-0.39, 0.29) is 11.4 Å². The number of methoxy groups -OCH3 is 1. The monoisotopic (exact) mass is 362 g/mol. The fourth-order valence-corrected chi connectivity index (χ4v) is 2.77. The van der Waals surface area contributed by atoms with E-state index in [4.69, 9.17) is 9.47 Å². The summed E-state index contributed by atoms with van der Waals surface area (Å²) in [4.78, 5) is 14.6. The van der Waals surface area contributed by atoms with Gasteiger partial charge in [0, 0.05) is 24.7 Å². The summed E-state index contributed by atoms with van der Waals surface area (Å²) in [6.07, 6.45) is 3.49. The Morgan fingerprint density at radius 2 is 1.92 bits per heavy atom. The molecule has 1 aliphatic rings. The summed E-state index contributed by atoms with van der Waals surface area (Å²) in [6, 6.07) is 0. The number of nitrogens with one attached hydrogen (secondary N) is 1. The Morgan fingerprint density at radius 1 is 1.31 bits per heavy atom. The van der Waals surface area contributed by atoms with Crippen LogP contribution in [0.3, 0.4) is 0 Å². The van der Waals surface area contributed by atoms with Crippen LogP contribution in [0.4, 0.5) is 0 Å². The highest BCUT2D eigenvalue weighted by Gasteiger charge is 2.30. The van der Waals surface area contributed by atoms with Gasteiger partial charge in [0.25, 0.3) is 5.91 Å². The molecule has 0 aromatic rings. The molecule has 1 rings (SSSR count). The van der Waals surface area contributed by atoms with E-state index in [1.165, 1.54) is 0 Å². The van der Waals surface area contributed by atoms with Gasteiger partial charge in [-0.25, -0.2) is 0 Å². The van der Waals surface area contributed by atoms with Crippen molar-refractivity contribution < 1.29 is 14.3 Å². The Balaban J connectivity index is 3.42. The van der Waals surface area contributed by atoms with Gasteiger partial charge in [0.05, 0.1) is 25.0 Å². The molecule has 0 aromatic heterocycles. The molecule has 0 saturated carbocycles. The van der Waals surface area contributed by atoms with Crippen LogP contribution in [0.5, 0.6) is 0 Å². The number of hydrogen-bond donors (Lipinski definition) is 1. The average molecular weight is 363 g/mol. The minimum Gasteiger partial charge on any atom is -0.497 e. The number of likely N-dealkylation sites (N-methyl/N-ethyl adjacent to an activating group) is 1. The lowest BCUT2D eigenvalue weighted by Gasteiger charge is -2.33. The summed E-state index contributed by atoms with van der Waals surface area (Å²) < 4.78 is 11.6. The predicted molar refractivity (Wildman–Crippen MR) is 106 cm³/mol. The average Bonchev–Trinajstić information content (AvgIpc) is 2.54. The van der Waals surface area contributed by atoms with Crippen LogP contribution in [0.2, 0.25) is 0 Å². The molecule has 0 bridgehead atoms. The van der Waals surface area contributed by atoms with Gasteiger partial charge in [-0.3, -0.25) is 4.79 Å². The van der Waals surface area contributed by atoms with Crippen molar-refractivity contribution in [2.24, 2.45) is 0 Å². The summed E-state index contributed by atoms with van der Waals surface area (Å²) in [6.45, 7) is 16.7. The quantitative estimate of drug-likeness (QED) is 0.688. The van der Waals surface area contributed by atoms with Crippen molar-refractivity contribution in [3.8, 4) is 0 Å². The Bertz CT molecular complexity index is 643. The van der Waals surface area contributed by atoms with Crippen LogP contribution in [0.25, 0.3) is 0 Å². The van der Waals surface area contributed by atoms with Gasteiger partial charge in [0.1, 0.15) is 5.76 Å². The summed E-state index contributed by atoms with van der Waals surface area (Å²) in [5, 5.41) is 3.00. The van der Waals surface area contributed by atoms with E-state index < -0.39 is 0 Å². The lowest BCUT2D eigenvalue weighted by atomic mass is 9.98. The predicted octanol–water partition coefficient (Wildman–Crippen LogP) is 4.26. The number of amides is 1. The normalized spacial score (nSPS) is 16.2. The van der Waals surface area contributed by atoms with E-state index in [2.05, 4.69) is 18.8 Å². The molecule has 26 heavy (non-hydrogen) atoms. The Hall–Kier alpha value is -2.17. The first-order valence-corrected chi connectivity index (χ1v) is 9.15. The van der Waals surface area contributed by atoms with Crippen molar-refractivity contribution in [3.05, 3.63) is 46.7 Å². The molecular weight excluding hydrogens is 328 g/mol. The fraction of sp³-hybridized carbons (Fsp3) is 0.571. The maximum Gasteiger partial charge on any atom is 0.253 e. The first-order chi connectivity index (χ1) is 12.1. The Labute approximate surface area is 158 Å². The minimum absolute atomic E-state index is 0.129. The van der Waals surface area contributed by atoms with Crippen LogP contribution < -0.4 is 5.32 Å². The molecule has 1 amide bonds. The van der Waals surface area contributed by atoms with Gasteiger partial charge < -0.3 is 19.7 Å². The molecule has 0 spiro atoms. The van der Waals surface area contributed by atoms with Crippen LogP contribution in [0, 0.1) is 0 Å². The second-order valence-electron chi connectivity index (χ2n) is 7.46. The van der Waals surface area contributed by atoms with E-state index in [1.54, 1.807) is 7.11 Å². The molecule has 5 heteroatoms. The molecule has 146 valence electrons. The van der Waals surface area contributed by atoms with Crippen LogP contribution >= 0.6 is 0 Å². The second kappa shape index (κ2) is 8.97. The molecule has 0 fully saturated rings. The molecule has 1 aliphatic heterocycles.